The molecule has 6 aromatic rings. The molecule has 2 heterocycles. The zero-order valence-electron chi connectivity index (χ0n) is 46.8. The van der Waals surface area contributed by atoms with E-state index in [1.807, 2.05) is 97.1 Å². The number of esters is 2. The first-order valence-electron chi connectivity index (χ1n) is 26.8. The van der Waals surface area contributed by atoms with Gasteiger partial charge < -0.3 is 30.7 Å². The van der Waals surface area contributed by atoms with E-state index >= 15 is 0 Å². The Balaban J connectivity index is 1.02. The SMILES string of the molecule is CSCCCCOC(=O)c1ccc(C#Cc2ccc(NC3=N/C(=C4\N=C(Nc5ccc(C#Cc6ccc(C(=O)OCCCCSC)cc6)cc5)C(Nc5ccc(C(C)(C)C)cc5)=N4)N=C3Nc3ccc(C(C)(C)C)cc3)cc2)cc1. The highest BCUT2D eigenvalue weighted by molar-refractivity contribution is 7.98. The van der Waals surface area contributed by atoms with Crippen molar-refractivity contribution in [2.45, 2.75) is 78.1 Å². The number of amidine groups is 4. The number of rotatable bonds is 16. The number of carbonyl (C=O) groups excluding carboxylic acids is 2. The number of thioether (sulfide) groups is 2. The van der Waals surface area contributed by atoms with Crippen molar-refractivity contribution < 1.29 is 19.1 Å². The molecular formula is C66H68N8O4S2. The summed E-state index contributed by atoms with van der Waals surface area (Å²) in [5, 5.41) is 13.9. The molecular weight excluding hydrogens is 1030 g/mol. The van der Waals surface area contributed by atoms with Gasteiger partial charge in [0.05, 0.1) is 24.3 Å². The second-order valence-electron chi connectivity index (χ2n) is 21.1. The van der Waals surface area contributed by atoms with Gasteiger partial charge in [-0.05, 0) is 193 Å². The van der Waals surface area contributed by atoms with Crippen LogP contribution in [0.2, 0.25) is 0 Å². The number of aliphatic imine (C=N–C) groups is 4. The molecule has 0 aromatic heterocycles. The summed E-state index contributed by atoms with van der Waals surface area (Å²) in [6, 6.07) is 46.5. The molecule has 12 nitrogen and oxygen atoms in total. The van der Waals surface area contributed by atoms with Gasteiger partial charge in [0.25, 0.3) is 0 Å². The second kappa shape index (κ2) is 27.5. The van der Waals surface area contributed by atoms with E-state index in [-0.39, 0.29) is 22.8 Å². The van der Waals surface area contributed by atoms with Crippen molar-refractivity contribution in [1.82, 2.24) is 0 Å². The molecule has 0 aliphatic carbocycles. The highest BCUT2D eigenvalue weighted by Crippen LogP contribution is 2.28. The lowest BCUT2D eigenvalue weighted by atomic mass is 9.87. The molecule has 0 saturated carbocycles. The Labute approximate surface area is 480 Å². The molecule has 2 aliphatic heterocycles. The molecule has 0 spiro atoms. The maximum atomic E-state index is 12.5. The number of ether oxygens (including phenoxy) is 2. The van der Waals surface area contributed by atoms with Crippen LogP contribution in [0, 0.1) is 23.7 Å². The third-order valence-corrected chi connectivity index (χ3v) is 14.1. The van der Waals surface area contributed by atoms with Crippen LogP contribution in [0.1, 0.15) is 121 Å². The van der Waals surface area contributed by atoms with Crippen LogP contribution in [-0.2, 0) is 20.3 Å². The molecule has 4 N–H and O–H groups in total. The molecule has 6 aromatic carbocycles. The highest BCUT2D eigenvalue weighted by atomic mass is 32.2. The first kappa shape index (κ1) is 57.9. The Bertz CT molecular complexity index is 3190. The number of hydrogen-bond donors (Lipinski definition) is 4. The highest BCUT2D eigenvalue weighted by Gasteiger charge is 2.27. The molecule has 0 amide bonds. The second-order valence-corrected chi connectivity index (χ2v) is 23.1. The van der Waals surface area contributed by atoms with Gasteiger partial charge in [0.2, 0.25) is 11.6 Å². The number of hydrogen-bond acceptors (Lipinski definition) is 14. The van der Waals surface area contributed by atoms with Crippen molar-refractivity contribution in [2.75, 3.05) is 58.5 Å². The van der Waals surface area contributed by atoms with Gasteiger partial charge in [-0.2, -0.15) is 23.5 Å². The number of anilines is 4. The summed E-state index contributed by atoms with van der Waals surface area (Å²) in [5.41, 5.74) is 9.81. The molecule has 0 radical (unpaired) electrons. The lowest BCUT2D eigenvalue weighted by Crippen LogP contribution is -2.27. The minimum absolute atomic E-state index is 0.0139. The zero-order chi connectivity index (χ0) is 56.5. The van der Waals surface area contributed by atoms with Gasteiger partial charge in [-0.1, -0.05) is 89.5 Å². The molecule has 80 heavy (non-hydrogen) atoms. The first-order valence-corrected chi connectivity index (χ1v) is 29.5. The normalized spacial score (nSPS) is 13.8. The van der Waals surface area contributed by atoms with E-state index in [0.717, 1.165) is 82.2 Å². The summed E-state index contributed by atoms with van der Waals surface area (Å²) in [6.07, 6.45) is 7.88. The summed E-state index contributed by atoms with van der Waals surface area (Å²) in [7, 11) is 0. The molecule has 0 bridgehead atoms. The van der Waals surface area contributed by atoms with Gasteiger partial charge in [-0.15, -0.1) is 0 Å². The van der Waals surface area contributed by atoms with Crippen molar-refractivity contribution in [3.05, 3.63) is 202 Å². The lowest BCUT2D eigenvalue weighted by molar-refractivity contribution is 0.0490. The van der Waals surface area contributed by atoms with Crippen molar-refractivity contribution in [3.63, 3.8) is 0 Å². The van der Waals surface area contributed by atoms with Crippen molar-refractivity contribution in [3.8, 4) is 23.7 Å². The van der Waals surface area contributed by atoms with Crippen LogP contribution in [0.25, 0.3) is 0 Å². The quantitative estimate of drug-likeness (QED) is 0.0419. The predicted octanol–water partition coefficient (Wildman–Crippen LogP) is 14.2. The third kappa shape index (κ3) is 16.9. The molecule has 0 unspecified atom stereocenters. The number of carbonyl (C=O) groups is 2. The van der Waals surface area contributed by atoms with E-state index in [4.69, 9.17) is 29.4 Å². The number of unbranched alkanes of at least 4 members (excludes halogenated alkanes) is 2. The smallest absolute Gasteiger partial charge is 0.338 e. The van der Waals surface area contributed by atoms with Crippen molar-refractivity contribution in [2.24, 2.45) is 20.0 Å². The van der Waals surface area contributed by atoms with Gasteiger partial charge in [0, 0.05) is 45.0 Å². The summed E-state index contributed by atoms with van der Waals surface area (Å²) in [4.78, 5) is 45.1. The van der Waals surface area contributed by atoms with Gasteiger partial charge in [-0.3, -0.25) is 0 Å². The molecule has 0 atom stereocenters. The predicted molar refractivity (Wildman–Crippen MR) is 335 cm³/mol. The van der Waals surface area contributed by atoms with Crippen LogP contribution in [-0.4, -0.2) is 72.5 Å². The van der Waals surface area contributed by atoms with Crippen LogP contribution in [0.3, 0.4) is 0 Å². The Morgan fingerprint density at radius 1 is 0.400 bits per heavy atom. The fourth-order valence-electron chi connectivity index (χ4n) is 8.02. The monoisotopic (exact) mass is 1100 g/mol. The average molecular weight is 1100 g/mol. The van der Waals surface area contributed by atoms with Crippen LogP contribution >= 0.6 is 23.5 Å². The topological polar surface area (TPSA) is 150 Å². The maximum Gasteiger partial charge on any atom is 0.338 e. The molecule has 0 fully saturated rings. The van der Waals surface area contributed by atoms with Gasteiger partial charge in [0.1, 0.15) is 0 Å². The zero-order valence-corrected chi connectivity index (χ0v) is 48.4. The maximum absolute atomic E-state index is 12.5. The molecule has 14 heteroatoms. The summed E-state index contributed by atoms with van der Waals surface area (Å²) >= 11 is 3.58. The third-order valence-electron chi connectivity index (χ3n) is 12.7. The molecule has 2 aliphatic rings. The summed E-state index contributed by atoms with van der Waals surface area (Å²) in [5.74, 6) is 16.9. The van der Waals surface area contributed by atoms with Gasteiger partial charge >= 0.3 is 11.9 Å². The average Bonchev–Trinajstić information content (AvgIpc) is 4.11. The van der Waals surface area contributed by atoms with E-state index < -0.39 is 0 Å². The Morgan fingerprint density at radius 2 is 0.662 bits per heavy atom. The Hall–Kier alpha value is -8.30. The molecule has 8 rings (SSSR count). The summed E-state index contributed by atoms with van der Waals surface area (Å²) in [6.45, 7) is 14.0. The van der Waals surface area contributed by atoms with E-state index in [1.165, 1.54) is 11.1 Å². The van der Waals surface area contributed by atoms with Crippen LogP contribution in [0.15, 0.2) is 177 Å². The molecule has 408 valence electrons. The van der Waals surface area contributed by atoms with E-state index in [2.05, 4.69) is 123 Å². The van der Waals surface area contributed by atoms with Gasteiger partial charge in [0.15, 0.2) is 23.3 Å². The largest absolute Gasteiger partial charge is 0.462 e. The lowest BCUT2D eigenvalue weighted by Gasteiger charge is -2.19. The van der Waals surface area contributed by atoms with E-state index in [9.17, 15) is 9.59 Å². The number of benzene rings is 6. The Kier molecular flexibility index (Phi) is 19.9. The fourth-order valence-corrected chi connectivity index (χ4v) is 9.01. The number of nitrogens with one attached hydrogen (secondary N) is 4. The van der Waals surface area contributed by atoms with Crippen LogP contribution in [0.5, 0.6) is 0 Å². The fraction of sp³-hybridized carbons (Fsp3) is 0.273. The minimum atomic E-state index is -0.324. The van der Waals surface area contributed by atoms with E-state index in [1.54, 1.807) is 47.8 Å². The van der Waals surface area contributed by atoms with Gasteiger partial charge in [-0.25, -0.2) is 29.6 Å². The minimum Gasteiger partial charge on any atom is -0.462 e. The summed E-state index contributed by atoms with van der Waals surface area (Å²) < 4.78 is 10.9. The van der Waals surface area contributed by atoms with E-state index in [0.29, 0.717) is 59.3 Å². The van der Waals surface area contributed by atoms with Crippen molar-refractivity contribution in [1.29, 1.82) is 0 Å². The standard InChI is InChI=1S/C66H68N8O4S2/c1-65(2,3)51-29-37-55(38-30-51)69-59-57(67-53-33-21-47(22-34-53)15-13-45-17-25-49(26-18-45)63(75)77-41-9-11-43-79-7)71-61(73-59)62-72-58(60(74-62)70-56-39-31-52(32-40-56)66(4,5)6)68-54-35-23-48(24-36-54)16-14-46-19-27-50(28-20-46)64(76)78-42-10-12-44-80-8/h17-40H,9-12,41-44H2,1-8H3,(H,67,71)(H,68,72)(H,69,73)(H,70,74)/b62-61-. The van der Waals surface area contributed by atoms with Crippen molar-refractivity contribution >= 4 is 81.6 Å². The van der Waals surface area contributed by atoms with Crippen LogP contribution in [0.4, 0.5) is 22.7 Å². The number of nitrogens with zero attached hydrogens (tertiary/aromatic N) is 4. The van der Waals surface area contributed by atoms with Crippen LogP contribution < -0.4 is 21.3 Å². The Morgan fingerprint density at radius 3 is 0.925 bits per heavy atom. The molecule has 0 saturated heterocycles. The first-order chi connectivity index (χ1) is 38.6.